The first kappa shape index (κ1) is 12.8. The van der Waals surface area contributed by atoms with E-state index < -0.39 is 5.54 Å². The number of hydrogen-bond donors (Lipinski definition) is 2. The van der Waals surface area contributed by atoms with E-state index in [0.29, 0.717) is 13.2 Å². The second-order valence-electron chi connectivity index (χ2n) is 5.31. The molecule has 1 heterocycles. The van der Waals surface area contributed by atoms with E-state index in [2.05, 4.69) is 0 Å². The fourth-order valence-electron chi connectivity index (χ4n) is 2.72. The summed E-state index contributed by atoms with van der Waals surface area (Å²) in [6.07, 6.45) is 3.36. The Morgan fingerprint density at radius 2 is 2.18 bits per heavy atom. The average Bonchev–Trinajstić information content (AvgIpc) is 2.77. The molecule has 2 aliphatic rings. The molecule has 5 nitrogen and oxygen atoms in total. The standard InChI is InChI=1S/C12H22N2O3/c1-9-8-17-10(7-15)6-14(9)11(16)12(13)4-2-3-5-12/h9-10,15H,2-8,13H2,1H3. The molecular weight excluding hydrogens is 220 g/mol. The summed E-state index contributed by atoms with van der Waals surface area (Å²) >= 11 is 0. The zero-order chi connectivity index (χ0) is 12.5. The summed E-state index contributed by atoms with van der Waals surface area (Å²) < 4.78 is 5.43. The average molecular weight is 242 g/mol. The van der Waals surface area contributed by atoms with Crippen LogP contribution in [0.25, 0.3) is 0 Å². The second-order valence-corrected chi connectivity index (χ2v) is 5.31. The Labute approximate surface area is 102 Å². The molecule has 1 aliphatic heterocycles. The molecule has 3 N–H and O–H groups in total. The molecule has 1 amide bonds. The summed E-state index contributed by atoms with van der Waals surface area (Å²) in [4.78, 5) is 14.2. The molecule has 5 heteroatoms. The van der Waals surface area contributed by atoms with Crippen molar-refractivity contribution in [3.8, 4) is 0 Å². The smallest absolute Gasteiger partial charge is 0.243 e. The van der Waals surface area contributed by atoms with Crippen LogP contribution >= 0.6 is 0 Å². The van der Waals surface area contributed by atoms with Crippen LogP contribution in [0.3, 0.4) is 0 Å². The Morgan fingerprint density at radius 3 is 2.76 bits per heavy atom. The quantitative estimate of drug-likeness (QED) is 0.707. The molecule has 0 aromatic carbocycles. The van der Waals surface area contributed by atoms with Gasteiger partial charge in [0.05, 0.1) is 30.9 Å². The summed E-state index contributed by atoms with van der Waals surface area (Å²) in [5.74, 6) is 0.0317. The number of nitrogens with two attached hydrogens (primary N) is 1. The Morgan fingerprint density at radius 1 is 1.53 bits per heavy atom. The van der Waals surface area contributed by atoms with Crippen molar-refractivity contribution in [1.29, 1.82) is 0 Å². The minimum Gasteiger partial charge on any atom is -0.394 e. The molecule has 0 radical (unpaired) electrons. The molecular formula is C12H22N2O3. The van der Waals surface area contributed by atoms with Gasteiger partial charge in [-0.05, 0) is 19.8 Å². The molecule has 2 rings (SSSR count). The normalized spacial score (nSPS) is 32.8. The van der Waals surface area contributed by atoms with E-state index in [9.17, 15) is 4.79 Å². The van der Waals surface area contributed by atoms with E-state index >= 15 is 0 Å². The predicted molar refractivity (Wildman–Crippen MR) is 63.4 cm³/mol. The molecule has 0 aromatic heterocycles. The van der Waals surface area contributed by atoms with Crippen molar-refractivity contribution in [1.82, 2.24) is 4.90 Å². The van der Waals surface area contributed by atoms with Crippen molar-refractivity contribution in [2.45, 2.75) is 50.3 Å². The number of ether oxygens (including phenoxy) is 1. The second kappa shape index (κ2) is 4.92. The highest BCUT2D eigenvalue weighted by Crippen LogP contribution is 2.30. The highest BCUT2D eigenvalue weighted by molar-refractivity contribution is 5.86. The molecule has 0 aromatic rings. The predicted octanol–water partition coefficient (Wildman–Crippen LogP) is -0.134. The van der Waals surface area contributed by atoms with Crippen molar-refractivity contribution >= 4 is 5.91 Å². The first-order chi connectivity index (χ1) is 8.07. The highest BCUT2D eigenvalue weighted by atomic mass is 16.5. The van der Waals surface area contributed by atoms with Crippen LogP contribution in [0, 0.1) is 0 Å². The summed E-state index contributed by atoms with van der Waals surface area (Å²) in [6, 6.07) is 0.0475. The van der Waals surface area contributed by atoms with Gasteiger partial charge >= 0.3 is 0 Å². The van der Waals surface area contributed by atoms with E-state index in [1.165, 1.54) is 0 Å². The van der Waals surface area contributed by atoms with Gasteiger partial charge in [-0.25, -0.2) is 0 Å². The van der Waals surface area contributed by atoms with E-state index in [4.69, 9.17) is 15.6 Å². The van der Waals surface area contributed by atoms with Gasteiger partial charge < -0.3 is 20.5 Å². The van der Waals surface area contributed by atoms with Gasteiger partial charge in [0.15, 0.2) is 0 Å². The van der Waals surface area contributed by atoms with Crippen molar-refractivity contribution in [3.63, 3.8) is 0 Å². The summed E-state index contributed by atoms with van der Waals surface area (Å²) in [6.45, 7) is 2.85. The van der Waals surface area contributed by atoms with Gasteiger partial charge in [-0.1, -0.05) is 12.8 Å². The molecule has 2 unspecified atom stereocenters. The Kier molecular flexibility index (Phi) is 3.70. The zero-order valence-electron chi connectivity index (χ0n) is 10.4. The monoisotopic (exact) mass is 242 g/mol. The number of carbonyl (C=O) groups excluding carboxylic acids is 1. The maximum absolute atomic E-state index is 12.5. The van der Waals surface area contributed by atoms with Crippen LogP contribution in [0.4, 0.5) is 0 Å². The highest BCUT2D eigenvalue weighted by Gasteiger charge is 2.42. The van der Waals surface area contributed by atoms with Crippen molar-refractivity contribution in [2.24, 2.45) is 5.73 Å². The maximum atomic E-state index is 12.5. The number of aliphatic hydroxyl groups is 1. The van der Waals surface area contributed by atoms with Gasteiger partial charge in [0.25, 0.3) is 0 Å². The number of morpholine rings is 1. The number of nitrogens with zero attached hydrogens (tertiary/aromatic N) is 1. The van der Waals surface area contributed by atoms with Crippen LogP contribution in [0.15, 0.2) is 0 Å². The molecule has 1 saturated heterocycles. The Bertz CT molecular complexity index is 289. The molecule has 1 aliphatic carbocycles. The zero-order valence-corrected chi connectivity index (χ0v) is 10.4. The van der Waals surface area contributed by atoms with E-state index in [1.54, 1.807) is 4.90 Å². The number of hydrogen-bond acceptors (Lipinski definition) is 4. The Hall–Kier alpha value is -0.650. The van der Waals surface area contributed by atoms with Crippen molar-refractivity contribution in [2.75, 3.05) is 19.8 Å². The molecule has 0 bridgehead atoms. The minimum atomic E-state index is -0.675. The SMILES string of the molecule is CC1COC(CO)CN1C(=O)C1(N)CCCC1. The molecule has 17 heavy (non-hydrogen) atoms. The largest absolute Gasteiger partial charge is 0.394 e. The molecule has 2 atom stereocenters. The van der Waals surface area contributed by atoms with E-state index in [-0.39, 0.29) is 24.7 Å². The summed E-state index contributed by atoms with van der Waals surface area (Å²) in [5, 5.41) is 9.11. The molecule has 1 saturated carbocycles. The van der Waals surface area contributed by atoms with Crippen LogP contribution in [0.5, 0.6) is 0 Å². The van der Waals surface area contributed by atoms with Gasteiger partial charge in [0, 0.05) is 6.54 Å². The number of aliphatic hydroxyl groups excluding tert-OH is 1. The van der Waals surface area contributed by atoms with Crippen LogP contribution in [-0.4, -0.2) is 53.4 Å². The lowest BCUT2D eigenvalue weighted by Gasteiger charge is -2.41. The first-order valence-corrected chi connectivity index (χ1v) is 6.39. The number of carbonyl (C=O) groups is 1. The molecule has 98 valence electrons. The van der Waals surface area contributed by atoms with E-state index in [1.807, 2.05) is 6.92 Å². The number of amides is 1. The molecule has 0 spiro atoms. The topological polar surface area (TPSA) is 75.8 Å². The van der Waals surface area contributed by atoms with Gasteiger partial charge in [-0.2, -0.15) is 0 Å². The van der Waals surface area contributed by atoms with Gasteiger partial charge in [-0.15, -0.1) is 0 Å². The van der Waals surface area contributed by atoms with Gasteiger partial charge in [-0.3, -0.25) is 4.79 Å². The van der Waals surface area contributed by atoms with Gasteiger partial charge in [0.1, 0.15) is 0 Å². The van der Waals surface area contributed by atoms with Crippen LogP contribution < -0.4 is 5.73 Å². The summed E-state index contributed by atoms with van der Waals surface area (Å²) in [7, 11) is 0. The lowest BCUT2D eigenvalue weighted by molar-refractivity contribution is -0.151. The number of rotatable bonds is 2. The fourth-order valence-corrected chi connectivity index (χ4v) is 2.72. The molecule has 2 fully saturated rings. The minimum absolute atomic E-state index is 0.0317. The third-order valence-electron chi connectivity index (χ3n) is 3.89. The summed E-state index contributed by atoms with van der Waals surface area (Å²) in [5.41, 5.74) is 5.51. The fraction of sp³-hybridized carbons (Fsp3) is 0.917. The third kappa shape index (κ3) is 2.46. The van der Waals surface area contributed by atoms with Crippen LogP contribution in [0.1, 0.15) is 32.6 Å². The third-order valence-corrected chi connectivity index (χ3v) is 3.89. The van der Waals surface area contributed by atoms with Crippen LogP contribution in [0.2, 0.25) is 0 Å². The first-order valence-electron chi connectivity index (χ1n) is 6.39. The van der Waals surface area contributed by atoms with Crippen molar-refractivity contribution < 1.29 is 14.6 Å². The van der Waals surface area contributed by atoms with Crippen molar-refractivity contribution in [3.05, 3.63) is 0 Å². The van der Waals surface area contributed by atoms with Crippen LogP contribution in [-0.2, 0) is 9.53 Å². The van der Waals surface area contributed by atoms with E-state index in [0.717, 1.165) is 25.7 Å². The lowest BCUT2D eigenvalue weighted by Crippen LogP contribution is -2.60. The Balaban J connectivity index is 2.06. The lowest BCUT2D eigenvalue weighted by atomic mass is 9.95. The van der Waals surface area contributed by atoms with Gasteiger partial charge in [0.2, 0.25) is 5.91 Å². The maximum Gasteiger partial charge on any atom is 0.243 e.